The lowest BCUT2D eigenvalue weighted by Gasteiger charge is -2.52. The van der Waals surface area contributed by atoms with Crippen LogP contribution in [0, 0.1) is 0 Å². The Morgan fingerprint density at radius 3 is 2.00 bits per heavy atom. The van der Waals surface area contributed by atoms with Gasteiger partial charge in [-0.05, 0) is 26.7 Å². The molecule has 1 heterocycles. The van der Waals surface area contributed by atoms with Crippen LogP contribution in [-0.4, -0.2) is 40.6 Å². The molecule has 0 aromatic heterocycles. The number of carbonyl (C=O) groups excluding carboxylic acids is 1. The molecular weight excluding hydrogens is 230 g/mol. The fourth-order valence-corrected chi connectivity index (χ4v) is 3.86. The Kier molecular flexibility index (Phi) is 3.11. The van der Waals surface area contributed by atoms with E-state index < -0.39 is 26.2 Å². The Hall–Kier alpha value is -0.620. The number of aliphatic hydroxyl groups is 1. The fraction of sp³-hybridized carbons (Fsp3) is 0.900. The first-order chi connectivity index (χ1) is 7.21. The molecule has 0 aromatic rings. The molecule has 1 saturated heterocycles. The highest BCUT2D eigenvalue weighted by atomic mass is 32.2. The molecule has 6 heteroatoms. The van der Waals surface area contributed by atoms with E-state index in [0.717, 1.165) is 4.31 Å². The zero-order chi connectivity index (χ0) is 12.8. The minimum absolute atomic E-state index is 0.332. The zero-order valence-corrected chi connectivity index (χ0v) is 11.0. The Balaban J connectivity index is 3.23. The quantitative estimate of drug-likeness (QED) is 0.786. The van der Waals surface area contributed by atoms with Gasteiger partial charge in [0.15, 0.2) is 4.75 Å². The van der Waals surface area contributed by atoms with Gasteiger partial charge in [0.25, 0.3) is 15.9 Å². The highest BCUT2D eigenvalue weighted by molar-refractivity contribution is 7.94. The van der Waals surface area contributed by atoms with Crippen molar-refractivity contribution in [3.63, 3.8) is 0 Å². The van der Waals surface area contributed by atoms with Gasteiger partial charge in [-0.25, -0.2) is 12.7 Å². The monoisotopic (exact) mass is 249 g/mol. The van der Waals surface area contributed by atoms with Gasteiger partial charge in [0.2, 0.25) is 0 Å². The van der Waals surface area contributed by atoms with Gasteiger partial charge in [-0.15, -0.1) is 0 Å². The molecule has 0 spiro atoms. The van der Waals surface area contributed by atoms with Gasteiger partial charge in [0.1, 0.15) is 0 Å². The number of rotatable bonds is 4. The maximum atomic E-state index is 12.0. The minimum Gasteiger partial charge on any atom is -0.394 e. The summed E-state index contributed by atoms with van der Waals surface area (Å²) >= 11 is 0. The lowest BCUT2D eigenvalue weighted by molar-refractivity contribution is -0.139. The third kappa shape index (κ3) is 1.32. The summed E-state index contributed by atoms with van der Waals surface area (Å²) in [4.78, 5) is 11.9. The lowest BCUT2D eigenvalue weighted by atomic mass is 9.92. The van der Waals surface area contributed by atoms with Crippen LogP contribution in [0.3, 0.4) is 0 Å². The van der Waals surface area contributed by atoms with Crippen LogP contribution in [0.4, 0.5) is 0 Å². The maximum absolute atomic E-state index is 12.0. The van der Waals surface area contributed by atoms with E-state index in [-0.39, 0.29) is 6.61 Å². The van der Waals surface area contributed by atoms with Crippen LogP contribution in [-0.2, 0) is 14.8 Å². The molecule has 1 N–H and O–H groups in total. The SMILES string of the molecule is CCC(CC)(CO)N1C(=O)C(C)(C)S1(=O)=O. The lowest BCUT2D eigenvalue weighted by Crippen LogP contribution is -2.74. The predicted molar refractivity (Wildman–Crippen MR) is 60.2 cm³/mol. The van der Waals surface area contributed by atoms with Crippen molar-refractivity contribution in [3.05, 3.63) is 0 Å². The van der Waals surface area contributed by atoms with E-state index in [9.17, 15) is 18.3 Å². The van der Waals surface area contributed by atoms with Crippen LogP contribution in [0.5, 0.6) is 0 Å². The minimum atomic E-state index is -3.62. The summed E-state index contributed by atoms with van der Waals surface area (Å²) in [6, 6.07) is 0. The summed E-state index contributed by atoms with van der Waals surface area (Å²) in [5.41, 5.74) is -0.967. The van der Waals surface area contributed by atoms with Crippen molar-refractivity contribution >= 4 is 15.9 Å². The Labute approximate surface area is 96.5 Å². The second-order valence-electron chi connectivity index (χ2n) is 4.67. The van der Waals surface area contributed by atoms with Crippen molar-refractivity contribution in [3.8, 4) is 0 Å². The first-order valence-corrected chi connectivity index (χ1v) is 6.85. The third-order valence-electron chi connectivity index (χ3n) is 3.63. The van der Waals surface area contributed by atoms with Gasteiger partial charge in [-0.2, -0.15) is 0 Å². The largest absolute Gasteiger partial charge is 0.394 e. The van der Waals surface area contributed by atoms with Crippen LogP contribution >= 0.6 is 0 Å². The molecule has 94 valence electrons. The Bertz CT molecular complexity index is 387. The first-order valence-electron chi connectivity index (χ1n) is 5.41. The normalized spacial score (nSPS) is 23.1. The summed E-state index contributed by atoms with van der Waals surface area (Å²) in [5.74, 6) is -0.426. The molecule has 5 nitrogen and oxygen atoms in total. The molecule has 0 aliphatic carbocycles. The summed E-state index contributed by atoms with van der Waals surface area (Å²) < 4.78 is 23.5. The zero-order valence-electron chi connectivity index (χ0n) is 10.1. The molecule has 1 rings (SSSR count). The number of hydrogen-bond donors (Lipinski definition) is 1. The molecule has 0 radical (unpaired) electrons. The topological polar surface area (TPSA) is 74.7 Å². The molecule has 0 atom stereocenters. The Morgan fingerprint density at radius 1 is 1.31 bits per heavy atom. The summed E-state index contributed by atoms with van der Waals surface area (Å²) in [6.45, 7) is 6.01. The van der Waals surface area contributed by atoms with Crippen molar-refractivity contribution in [2.24, 2.45) is 0 Å². The van der Waals surface area contributed by atoms with Gasteiger partial charge in [-0.1, -0.05) is 13.8 Å². The molecule has 16 heavy (non-hydrogen) atoms. The number of carbonyl (C=O) groups is 1. The van der Waals surface area contributed by atoms with E-state index in [0.29, 0.717) is 12.8 Å². The van der Waals surface area contributed by atoms with E-state index in [1.54, 1.807) is 13.8 Å². The number of hydrogen-bond acceptors (Lipinski definition) is 4. The highest BCUT2D eigenvalue weighted by Gasteiger charge is 2.65. The summed E-state index contributed by atoms with van der Waals surface area (Å²) in [6.07, 6.45) is 0.835. The van der Waals surface area contributed by atoms with Crippen molar-refractivity contribution in [1.29, 1.82) is 0 Å². The molecule has 1 aliphatic rings. The number of nitrogens with zero attached hydrogens (tertiary/aromatic N) is 1. The molecule has 0 saturated carbocycles. The molecular formula is C10H19NO4S. The highest BCUT2D eigenvalue weighted by Crippen LogP contribution is 2.42. The Morgan fingerprint density at radius 2 is 1.75 bits per heavy atom. The smallest absolute Gasteiger partial charge is 0.259 e. The molecule has 0 bridgehead atoms. The van der Waals surface area contributed by atoms with Crippen LogP contribution in [0.25, 0.3) is 0 Å². The molecule has 1 amide bonds. The van der Waals surface area contributed by atoms with Gasteiger partial charge in [0.05, 0.1) is 12.1 Å². The van der Waals surface area contributed by atoms with Crippen LogP contribution < -0.4 is 0 Å². The van der Waals surface area contributed by atoms with E-state index in [1.165, 1.54) is 13.8 Å². The van der Waals surface area contributed by atoms with Gasteiger partial charge in [0, 0.05) is 0 Å². The molecule has 1 fully saturated rings. The number of amides is 1. The van der Waals surface area contributed by atoms with Crippen LogP contribution in [0.1, 0.15) is 40.5 Å². The average Bonchev–Trinajstić information content (AvgIpc) is 2.24. The van der Waals surface area contributed by atoms with Crippen molar-refractivity contribution in [1.82, 2.24) is 4.31 Å². The summed E-state index contributed by atoms with van der Waals surface area (Å²) in [7, 11) is -3.62. The van der Waals surface area contributed by atoms with Crippen molar-refractivity contribution in [2.75, 3.05) is 6.61 Å². The average molecular weight is 249 g/mol. The molecule has 1 aliphatic heterocycles. The second kappa shape index (κ2) is 3.70. The van der Waals surface area contributed by atoms with E-state index >= 15 is 0 Å². The third-order valence-corrected chi connectivity index (χ3v) is 6.12. The standard InChI is InChI=1S/C10H19NO4S/c1-5-10(6-2,7-12)11-8(13)9(3,4)16(11,14)15/h12H,5-7H2,1-4H3. The predicted octanol–water partition coefficient (Wildman–Crippen LogP) is 0.488. The summed E-state index contributed by atoms with van der Waals surface area (Å²) in [5, 5.41) is 9.37. The van der Waals surface area contributed by atoms with Crippen molar-refractivity contribution in [2.45, 2.75) is 50.8 Å². The van der Waals surface area contributed by atoms with E-state index in [1.807, 2.05) is 0 Å². The van der Waals surface area contributed by atoms with Crippen LogP contribution in [0.15, 0.2) is 0 Å². The van der Waals surface area contributed by atoms with Gasteiger partial charge in [-0.3, -0.25) is 4.79 Å². The fourth-order valence-electron chi connectivity index (χ4n) is 1.95. The molecule has 0 aromatic carbocycles. The first kappa shape index (κ1) is 13.4. The van der Waals surface area contributed by atoms with Gasteiger partial charge < -0.3 is 5.11 Å². The van der Waals surface area contributed by atoms with E-state index in [4.69, 9.17) is 0 Å². The number of aliphatic hydroxyl groups excluding tert-OH is 1. The van der Waals surface area contributed by atoms with Gasteiger partial charge >= 0.3 is 0 Å². The van der Waals surface area contributed by atoms with Crippen molar-refractivity contribution < 1.29 is 18.3 Å². The van der Waals surface area contributed by atoms with Crippen LogP contribution in [0.2, 0.25) is 0 Å². The van der Waals surface area contributed by atoms with E-state index in [2.05, 4.69) is 0 Å². The number of sulfonamides is 1. The maximum Gasteiger partial charge on any atom is 0.259 e. The second-order valence-corrected chi connectivity index (χ2v) is 7.01. The molecule has 0 unspecified atom stereocenters.